The maximum Gasteiger partial charge on any atom is 0.231 e. The van der Waals surface area contributed by atoms with E-state index in [9.17, 15) is 0 Å². The number of rotatable bonds is 3. The summed E-state index contributed by atoms with van der Waals surface area (Å²) < 4.78 is 11.7. The van der Waals surface area contributed by atoms with E-state index in [0.29, 0.717) is 6.54 Å². The lowest BCUT2D eigenvalue weighted by molar-refractivity contribution is 0.174. The zero-order chi connectivity index (χ0) is 14.1. The van der Waals surface area contributed by atoms with Gasteiger partial charge in [0.2, 0.25) is 6.79 Å². The minimum Gasteiger partial charge on any atom is -0.454 e. The van der Waals surface area contributed by atoms with Crippen molar-refractivity contribution in [1.82, 2.24) is 0 Å². The molecule has 5 heteroatoms. The molecule has 0 radical (unpaired) electrons. The number of aryl methyl sites for hydroxylation is 1. The van der Waals surface area contributed by atoms with Crippen molar-refractivity contribution >= 4 is 33.2 Å². The van der Waals surface area contributed by atoms with Crippen LogP contribution in [0.5, 0.6) is 11.5 Å². The number of halogens is 2. The van der Waals surface area contributed by atoms with E-state index < -0.39 is 0 Å². The molecule has 2 aromatic carbocycles. The maximum absolute atomic E-state index is 5.96. The van der Waals surface area contributed by atoms with Gasteiger partial charge in [0.15, 0.2) is 11.5 Å². The highest BCUT2D eigenvalue weighted by molar-refractivity contribution is 9.10. The number of anilines is 1. The molecule has 0 unspecified atom stereocenters. The monoisotopic (exact) mass is 353 g/mol. The predicted octanol–water partition coefficient (Wildman–Crippen LogP) is 4.75. The molecular formula is C15H13BrClNO2. The summed E-state index contributed by atoms with van der Waals surface area (Å²) in [5, 5.41) is 4.15. The largest absolute Gasteiger partial charge is 0.454 e. The Balaban J connectivity index is 1.78. The Hall–Kier alpha value is -1.39. The molecule has 0 aromatic heterocycles. The Morgan fingerprint density at radius 1 is 1.20 bits per heavy atom. The Morgan fingerprint density at radius 2 is 1.95 bits per heavy atom. The van der Waals surface area contributed by atoms with Crippen LogP contribution in [-0.4, -0.2) is 6.79 Å². The molecule has 0 bridgehead atoms. The number of benzene rings is 2. The first-order chi connectivity index (χ1) is 9.63. The van der Waals surface area contributed by atoms with Gasteiger partial charge >= 0.3 is 0 Å². The molecule has 0 saturated heterocycles. The summed E-state index contributed by atoms with van der Waals surface area (Å²) in [5.41, 5.74) is 3.30. The first-order valence-corrected chi connectivity index (χ1v) is 7.38. The molecular weight excluding hydrogens is 342 g/mol. The zero-order valence-corrected chi connectivity index (χ0v) is 13.2. The van der Waals surface area contributed by atoms with Crippen LogP contribution in [0, 0.1) is 6.92 Å². The van der Waals surface area contributed by atoms with Crippen molar-refractivity contribution in [2.75, 3.05) is 12.1 Å². The van der Waals surface area contributed by atoms with E-state index in [1.165, 1.54) is 0 Å². The van der Waals surface area contributed by atoms with E-state index in [1.54, 1.807) is 0 Å². The summed E-state index contributed by atoms with van der Waals surface area (Å²) in [5.74, 6) is 1.57. The third-order valence-corrected chi connectivity index (χ3v) is 4.17. The Kier molecular flexibility index (Phi) is 3.76. The van der Waals surface area contributed by atoms with Crippen LogP contribution < -0.4 is 14.8 Å². The van der Waals surface area contributed by atoms with E-state index in [4.69, 9.17) is 21.1 Å². The van der Waals surface area contributed by atoms with Crippen LogP contribution in [0.25, 0.3) is 0 Å². The number of hydrogen-bond acceptors (Lipinski definition) is 3. The van der Waals surface area contributed by atoms with Crippen LogP contribution in [-0.2, 0) is 6.54 Å². The number of hydrogen-bond donors (Lipinski definition) is 1. The van der Waals surface area contributed by atoms with Crippen molar-refractivity contribution in [3.05, 3.63) is 51.0 Å². The fraction of sp³-hybridized carbons (Fsp3) is 0.200. The van der Waals surface area contributed by atoms with Gasteiger partial charge in [-0.3, -0.25) is 0 Å². The minimum atomic E-state index is 0.287. The van der Waals surface area contributed by atoms with Crippen molar-refractivity contribution in [3.63, 3.8) is 0 Å². The van der Waals surface area contributed by atoms with Gasteiger partial charge in [-0.15, -0.1) is 0 Å². The summed E-state index contributed by atoms with van der Waals surface area (Å²) in [6, 6.07) is 9.74. The predicted molar refractivity (Wildman–Crippen MR) is 83.8 cm³/mol. The lowest BCUT2D eigenvalue weighted by Crippen LogP contribution is -2.01. The molecule has 20 heavy (non-hydrogen) atoms. The molecule has 0 spiro atoms. The molecule has 3 rings (SSSR count). The third kappa shape index (κ3) is 2.72. The summed E-state index contributed by atoms with van der Waals surface area (Å²) in [6.45, 7) is 3.01. The standard InChI is InChI=1S/C15H13BrClNO2/c1-9-4-11(17)2-3-13(9)18-7-10-5-14-15(6-12(10)16)20-8-19-14/h2-6,18H,7-8H2,1H3. The second kappa shape index (κ2) is 5.54. The number of nitrogens with one attached hydrogen (secondary N) is 1. The number of ether oxygens (including phenoxy) is 2. The average Bonchev–Trinajstić information content (AvgIpc) is 2.84. The fourth-order valence-electron chi connectivity index (χ4n) is 2.11. The Bertz CT molecular complexity index is 661. The van der Waals surface area contributed by atoms with Crippen LogP contribution in [0.3, 0.4) is 0 Å². The zero-order valence-electron chi connectivity index (χ0n) is 10.9. The second-order valence-corrected chi connectivity index (χ2v) is 5.90. The van der Waals surface area contributed by atoms with Crippen LogP contribution >= 0.6 is 27.5 Å². The first-order valence-electron chi connectivity index (χ1n) is 6.21. The van der Waals surface area contributed by atoms with Crippen LogP contribution in [0.15, 0.2) is 34.8 Å². The average molecular weight is 355 g/mol. The first kappa shape index (κ1) is 13.6. The maximum atomic E-state index is 5.96. The van der Waals surface area contributed by atoms with Crippen molar-refractivity contribution in [2.45, 2.75) is 13.5 Å². The molecule has 0 fully saturated rings. The molecule has 1 aliphatic heterocycles. The van der Waals surface area contributed by atoms with Gasteiger partial charge in [-0.2, -0.15) is 0 Å². The van der Waals surface area contributed by atoms with Crippen LogP contribution in [0.4, 0.5) is 5.69 Å². The van der Waals surface area contributed by atoms with Crippen molar-refractivity contribution in [2.24, 2.45) is 0 Å². The molecule has 2 aromatic rings. The van der Waals surface area contributed by atoms with Gasteiger partial charge in [-0.05, 0) is 48.4 Å². The fourth-order valence-corrected chi connectivity index (χ4v) is 2.80. The van der Waals surface area contributed by atoms with E-state index in [2.05, 4.69) is 21.2 Å². The van der Waals surface area contributed by atoms with Crippen molar-refractivity contribution in [3.8, 4) is 11.5 Å². The van der Waals surface area contributed by atoms with Crippen LogP contribution in [0.1, 0.15) is 11.1 Å². The molecule has 104 valence electrons. The SMILES string of the molecule is Cc1cc(Cl)ccc1NCc1cc2c(cc1Br)OCO2. The van der Waals surface area contributed by atoms with Gasteiger partial charge in [-0.25, -0.2) is 0 Å². The van der Waals surface area contributed by atoms with E-state index >= 15 is 0 Å². The summed E-state index contributed by atoms with van der Waals surface area (Å²) in [7, 11) is 0. The molecule has 1 heterocycles. The van der Waals surface area contributed by atoms with Crippen molar-refractivity contribution in [1.29, 1.82) is 0 Å². The summed E-state index contributed by atoms with van der Waals surface area (Å²) in [4.78, 5) is 0. The van der Waals surface area contributed by atoms with Gasteiger partial charge in [-0.1, -0.05) is 27.5 Å². The van der Waals surface area contributed by atoms with E-state index in [-0.39, 0.29) is 6.79 Å². The normalized spacial score (nSPS) is 12.6. The Morgan fingerprint density at radius 3 is 2.70 bits per heavy atom. The topological polar surface area (TPSA) is 30.5 Å². The highest BCUT2D eigenvalue weighted by Crippen LogP contribution is 2.37. The molecule has 0 amide bonds. The van der Waals surface area contributed by atoms with Gasteiger partial charge < -0.3 is 14.8 Å². The van der Waals surface area contributed by atoms with E-state index in [0.717, 1.165) is 37.8 Å². The smallest absolute Gasteiger partial charge is 0.231 e. The van der Waals surface area contributed by atoms with Gasteiger partial charge in [0.25, 0.3) is 0 Å². The second-order valence-electron chi connectivity index (χ2n) is 4.61. The molecule has 0 aliphatic carbocycles. The molecule has 3 nitrogen and oxygen atoms in total. The molecule has 0 saturated carbocycles. The molecule has 0 atom stereocenters. The van der Waals surface area contributed by atoms with Gasteiger partial charge in [0, 0.05) is 21.7 Å². The highest BCUT2D eigenvalue weighted by Gasteiger charge is 2.16. The van der Waals surface area contributed by atoms with Gasteiger partial charge in [0.05, 0.1) is 0 Å². The number of fused-ring (bicyclic) bond motifs is 1. The lowest BCUT2D eigenvalue weighted by atomic mass is 10.1. The molecule has 1 N–H and O–H groups in total. The third-order valence-electron chi connectivity index (χ3n) is 3.20. The quantitative estimate of drug-likeness (QED) is 0.862. The summed E-state index contributed by atoms with van der Waals surface area (Å²) >= 11 is 9.51. The van der Waals surface area contributed by atoms with E-state index in [1.807, 2.05) is 37.3 Å². The van der Waals surface area contributed by atoms with Crippen molar-refractivity contribution < 1.29 is 9.47 Å². The highest BCUT2D eigenvalue weighted by atomic mass is 79.9. The minimum absolute atomic E-state index is 0.287. The summed E-state index contributed by atoms with van der Waals surface area (Å²) in [6.07, 6.45) is 0. The van der Waals surface area contributed by atoms with Gasteiger partial charge in [0.1, 0.15) is 0 Å². The molecule has 1 aliphatic rings. The van der Waals surface area contributed by atoms with Crippen LogP contribution in [0.2, 0.25) is 5.02 Å². The Labute approximate surface area is 131 Å². The lowest BCUT2D eigenvalue weighted by Gasteiger charge is -2.11.